The van der Waals surface area contributed by atoms with Crippen LogP contribution >= 0.6 is 11.6 Å². The summed E-state index contributed by atoms with van der Waals surface area (Å²) in [7, 11) is 4.07. The van der Waals surface area contributed by atoms with Gasteiger partial charge in [0, 0.05) is 35.4 Å². The summed E-state index contributed by atoms with van der Waals surface area (Å²) in [6, 6.07) is 19.6. The van der Waals surface area contributed by atoms with E-state index in [2.05, 4.69) is 25.5 Å². The Balaban J connectivity index is 1.89. The molecule has 2 N–H and O–H groups in total. The predicted molar refractivity (Wildman–Crippen MR) is 109 cm³/mol. The van der Waals surface area contributed by atoms with Crippen LogP contribution in [0.15, 0.2) is 60.7 Å². The summed E-state index contributed by atoms with van der Waals surface area (Å²) >= 11 is 6.08. The number of benzene rings is 2. The predicted octanol–water partition coefficient (Wildman–Crippen LogP) is 4.51. The zero-order chi connectivity index (χ0) is 18.4. The van der Waals surface area contributed by atoms with E-state index in [1.54, 1.807) is 0 Å². The molecular weight excluding hydrogens is 346 g/mol. The van der Waals surface area contributed by atoms with Crippen molar-refractivity contribution in [1.82, 2.24) is 14.9 Å². The van der Waals surface area contributed by atoms with Crippen molar-refractivity contribution in [2.45, 2.75) is 0 Å². The molecule has 0 bridgehead atoms. The zero-order valence-corrected chi connectivity index (χ0v) is 15.7. The summed E-state index contributed by atoms with van der Waals surface area (Å²) in [6.07, 6.45) is 0. The van der Waals surface area contributed by atoms with Crippen molar-refractivity contribution in [3.8, 4) is 11.3 Å². The van der Waals surface area contributed by atoms with Gasteiger partial charge in [-0.15, -0.1) is 0 Å². The maximum atomic E-state index is 6.08. The number of halogens is 1. The van der Waals surface area contributed by atoms with Gasteiger partial charge in [0.2, 0.25) is 5.95 Å². The Morgan fingerprint density at radius 3 is 2.50 bits per heavy atom. The largest absolute Gasteiger partial charge is 0.353 e. The lowest BCUT2D eigenvalue weighted by Crippen LogP contribution is -2.21. The molecule has 0 unspecified atom stereocenters. The molecule has 134 valence electrons. The van der Waals surface area contributed by atoms with Crippen molar-refractivity contribution in [3.63, 3.8) is 0 Å². The molecule has 0 radical (unpaired) electrons. The maximum absolute atomic E-state index is 6.08. The Kier molecular flexibility index (Phi) is 6.04. The summed E-state index contributed by atoms with van der Waals surface area (Å²) in [5.74, 6) is 1.31. The highest BCUT2D eigenvalue weighted by molar-refractivity contribution is 6.30. The van der Waals surface area contributed by atoms with Crippen LogP contribution in [0.3, 0.4) is 0 Å². The first-order valence-electron chi connectivity index (χ1n) is 8.46. The second-order valence-electron chi connectivity index (χ2n) is 6.19. The fourth-order valence-electron chi connectivity index (χ4n) is 2.45. The molecule has 0 atom stereocenters. The van der Waals surface area contributed by atoms with Gasteiger partial charge >= 0.3 is 0 Å². The van der Waals surface area contributed by atoms with Gasteiger partial charge in [0.15, 0.2) is 0 Å². The van der Waals surface area contributed by atoms with Crippen LogP contribution in [0.2, 0.25) is 5.02 Å². The topological polar surface area (TPSA) is 53.1 Å². The molecule has 1 heterocycles. The molecule has 2 aromatic carbocycles. The number of nitrogens with zero attached hydrogens (tertiary/aromatic N) is 3. The fraction of sp³-hybridized carbons (Fsp3) is 0.200. The number of rotatable bonds is 7. The van der Waals surface area contributed by atoms with E-state index in [4.69, 9.17) is 11.6 Å². The highest BCUT2D eigenvalue weighted by Crippen LogP contribution is 2.24. The molecule has 0 fully saturated rings. The first-order chi connectivity index (χ1) is 12.6. The van der Waals surface area contributed by atoms with E-state index in [0.29, 0.717) is 16.8 Å². The Hall–Kier alpha value is -2.63. The Morgan fingerprint density at radius 2 is 1.77 bits per heavy atom. The molecule has 5 nitrogen and oxygen atoms in total. The van der Waals surface area contributed by atoms with Crippen LogP contribution in [-0.4, -0.2) is 42.1 Å². The van der Waals surface area contributed by atoms with Crippen molar-refractivity contribution >= 4 is 29.1 Å². The standard InChI is InChI=1S/C20H22ClN5/c1-26(2)12-11-22-20-24-18(15-7-4-3-5-8-15)14-19(25-20)23-17-10-6-9-16(21)13-17/h3-10,13-14H,11-12H2,1-2H3,(H2,22,23,24,25). The van der Waals surface area contributed by atoms with Crippen molar-refractivity contribution in [2.24, 2.45) is 0 Å². The molecule has 1 aromatic heterocycles. The van der Waals surface area contributed by atoms with Crippen LogP contribution in [0.25, 0.3) is 11.3 Å². The van der Waals surface area contributed by atoms with Gasteiger partial charge in [-0.05, 0) is 32.3 Å². The number of anilines is 3. The normalized spacial score (nSPS) is 10.8. The monoisotopic (exact) mass is 367 g/mol. The molecule has 26 heavy (non-hydrogen) atoms. The van der Waals surface area contributed by atoms with Gasteiger partial charge in [-0.3, -0.25) is 0 Å². The van der Waals surface area contributed by atoms with Crippen molar-refractivity contribution in [3.05, 3.63) is 65.7 Å². The van der Waals surface area contributed by atoms with Gasteiger partial charge < -0.3 is 15.5 Å². The quantitative estimate of drug-likeness (QED) is 0.643. The molecule has 0 aliphatic rings. The molecule has 3 aromatic rings. The van der Waals surface area contributed by atoms with E-state index in [1.165, 1.54) is 0 Å². The molecule has 6 heteroatoms. The number of nitrogens with one attached hydrogen (secondary N) is 2. The minimum absolute atomic E-state index is 0.595. The number of hydrogen-bond donors (Lipinski definition) is 2. The second-order valence-corrected chi connectivity index (χ2v) is 6.63. The lowest BCUT2D eigenvalue weighted by atomic mass is 10.1. The first-order valence-corrected chi connectivity index (χ1v) is 8.83. The lowest BCUT2D eigenvalue weighted by Gasteiger charge is -2.13. The number of aromatic nitrogens is 2. The molecule has 0 aliphatic heterocycles. The smallest absolute Gasteiger partial charge is 0.225 e. The second kappa shape index (κ2) is 8.65. The van der Waals surface area contributed by atoms with Crippen molar-refractivity contribution in [2.75, 3.05) is 37.8 Å². The zero-order valence-electron chi connectivity index (χ0n) is 14.9. The summed E-state index contributed by atoms with van der Waals surface area (Å²) in [4.78, 5) is 11.3. The average molecular weight is 368 g/mol. The van der Waals surface area contributed by atoms with Gasteiger partial charge in [0.1, 0.15) is 5.82 Å². The van der Waals surface area contributed by atoms with E-state index in [0.717, 1.165) is 30.0 Å². The van der Waals surface area contributed by atoms with Crippen LogP contribution < -0.4 is 10.6 Å². The van der Waals surface area contributed by atoms with E-state index >= 15 is 0 Å². The molecular formula is C20H22ClN5. The van der Waals surface area contributed by atoms with E-state index in [-0.39, 0.29) is 0 Å². The molecule has 0 spiro atoms. The summed E-state index contributed by atoms with van der Waals surface area (Å²) in [5, 5.41) is 7.28. The Bertz CT molecular complexity index is 852. The van der Waals surface area contributed by atoms with Gasteiger partial charge in [-0.2, -0.15) is 4.98 Å². The SMILES string of the molecule is CN(C)CCNc1nc(Nc2cccc(Cl)c2)cc(-c2ccccc2)n1. The van der Waals surface area contributed by atoms with Crippen LogP contribution in [-0.2, 0) is 0 Å². The van der Waals surface area contributed by atoms with E-state index in [1.807, 2.05) is 74.8 Å². The number of hydrogen-bond acceptors (Lipinski definition) is 5. The van der Waals surface area contributed by atoms with E-state index < -0.39 is 0 Å². The molecule has 0 saturated heterocycles. The Labute approximate surface area is 159 Å². The van der Waals surface area contributed by atoms with Gasteiger partial charge in [-0.1, -0.05) is 48.0 Å². The van der Waals surface area contributed by atoms with Crippen LogP contribution in [0.1, 0.15) is 0 Å². The average Bonchev–Trinajstić information content (AvgIpc) is 2.62. The van der Waals surface area contributed by atoms with Crippen molar-refractivity contribution < 1.29 is 0 Å². The van der Waals surface area contributed by atoms with Gasteiger partial charge in [-0.25, -0.2) is 4.98 Å². The van der Waals surface area contributed by atoms with Crippen molar-refractivity contribution in [1.29, 1.82) is 0 Å². The molecule has 0 saturated carbocycles. The van der Waals surface area contributed by atoms with Crippen LogP contribution in [0.4, 0.5) is 17.5 Å². The lowest BCUT2D eigenvalue weighted by molar-refractivity contribution is 0.425. The first kappa shape index (κ1) is 18.2. The van der Waals surface area contributed by atoms with Gasteiger partial charge in [0.05, 0.1) is 5.69 Å². The molecule has 0 aliphatic carbocycles. The van der Waals surface area contributed by atoms with Crippen LogP contribution in [0.5, 0.6) is 0 Å². The molecule has 0 amide bonds. The minimum atomic E-state index is 0.595. The summed E-state index contributed by atoms with van der Waals surface area (Å²) < 4.78 is 0. The Morgan fingerprint density at radius 1 is 0.962 bits per heavy atom. The van der Waals surface area contributed by atoms with Crippen LogP contribution in [0, 0.1) is 0 Å². The minimum Gasteiger partial charge on any atom is -0.353 e. The summed E-state index contributed by atoms with van der Waals surface area (Å²) in [6.45, 7) is 1.66. The van der Waals surface area contributed by atoms with E-state index in [9.17, 15) is 0 Å². The number of likely N-dealkylation sites (N-methyl/N-ethyl adjacent to an activating group) is 1. The maximum Gasteiger partial charge on any atom is 0.225 e. The molecule has 3 rings (SSSR count). The van der Waals surface area contributed by atoms with Gasteiger partial charge in [0.25, 0.3) is 0 Å². The third-order valence-corrected chi connectivity index (χ3v) is 3.97. The fourth-order valence-corrected chi connectivity index (χ4v) is 2.64. The highest BCUT2D eigenvalue weighted by Gasteiger charge is 2.07. The highest BCUT2D eigenvalue weighted by atomic mass is 35.5. The third-order valence-electron chi connectivity index (χ3n) is 3.73. The summed E-state index contributed by atoms with van der Waals surface area (Å²) in [5.41, 5.74) is 2.78. The third kappa shape index (κ3) is 5.18.